The van der Waals surface area contributed by atoms with E-state index in [0.29, 0.717) is 5.92 Å². The summed E-state index contributed by atoms with van der Waals surface area (Å²) in [6.45, 7) is 16.2. The Morgan fingerprint density at radius 3 is 2.71 bits per heavy atom. The lowest BCUT2D eigenvalue weighted by atomic mass is 9.90. The number of aliphatic imine (C=N–C) groups is 1. The predicted octanol–water partition coefficient (Wildman–Crippen LogP) is 6.85. The van der Waals surface area contributed by atoms with Crippen LogP contribution < -0.4 is 5.32 Å². The van der Waals surface area contributed by atoms with E-state index in [9.17, 15) is 0 Å². The second kappa shape index (κ2) is 11.0. The van der Waals surface area contributed by atoms with Gasteiger partial charge in [-0.3, -0.25) is 4.99 Å². The summed E-state index contributed by atoms with van der Waals surface area (Å²) < 4.78 is 0. The molecule has 0 bridgehead atoms. The second-order valence-electron chi connectivity index (χ2n) is 7.95. The van der Waals surface area contributed by atoms with Crippen molar-refractivity contribution in [3.05, 3.63) is 70.5 Å². The van der Waals surface area contributed by atoms with Gasteiger partial charge in [-0.2, -0.15) is 0 Å². The summed E-state index contributed by atoms with van der Waals surface area (Å²) in [5.41, 5.74) is 8.31. The van der Waals surface area contributed by atoms with Gasteiger partial charge in [0.05, 0.1) is 6.04 Å². The molecule has 2 nitrogen and oxygen atoms in total. The molecule has 0 aromatic rings. The maximum Gasteiger partial charge on any atom is 0.0929 e. The maximum absolute atomic E-state index is 4.66. The highest BCUT2D eigenvalue weighted by Crippen LogP contribution is 2.34. The third kappa shape index (κ3) is 5.95. The quantitative estimate of drug-likeness (QED) is 0.308. The molecule has 0 aromatic carbocycles. The SMILES string of the molecule is C=C(NCC/C=C(C)\C(C)=C/C)C(CC)CC1=CC=C(C2N=CC=C2CC)C1. The third-order valence-corrected chi connectivity index (χ3v) is 6.09. The number of nitrogens with one attached hydrogen (secondary N) is 1. The minimum absolute atomic E-state index is 0.288. The van der Waals surface area contributed by atoms with Crippen molar-refractivity contribution >= 4 is 6.21 Å². The van der Waals surface area contributed by atoms with E-state index >= 15 is 0 Å². The van der Waals surface area contributed by atoms with Gasteiger partial charge < -0.3 is 5.32 Å². The molecule has 0 aromatic heterocycles. The third-order valence-electron chi connectivity index (χ3n) is 6.09. The Bertz CT molecular complexity index is 740. The molecule has 28 heavy (non-hydrogen) atoms. The van der Waals surface area contributed by atoms with E-state index in [-0.39, 0.29) is 6.04 Å². The minimum Gasteiger partial charge on any atom is -0.388 e. The lowest BCUT2D eigenvalue weighted by Gasteiger charge is -2.21. The fraction of sp³-hybridized carbons (Fsp3) is 0.500. The number of hydrogen-bond acceptors (Lipinski definition) is 2. The van der Waals surface area contributed by atoms with Gasteiger partial charge in [-0.15, -0.1) is 0 Å². The van der Waals surface area contributed by atoms with E-state index in [0.717, 1.165) is 38.6 Å². The van der Waals surface area contributed by atoms with Gasteiger partial charge in [-0.05, 0) is 70.1 Å². The van der Waals surface area contributed by atoms with Gasteiger partial charge in [0.2, 0.25) is 0 Å². The van der Waals surface area contributed by atoms with Crippen molar-refractivity contribution in [2.45, 2.75) is 72.8 Å². The molecule has 2 atom stereocenters. The van der Waals surface area contributed by atoms with Gasteiger partial charge >= 0.3 is 0 Å². The van der Waals surface area contributed by atoms with Crippen molar-refractivity contribution in [2.75, 3.05) is 6.54 Å². The van der Waals surface area contributed by atoms with Crippen LogP contribution in [-0.4, -0.2) is 18.8 Å². The van der Waals surface area contributed by atoms with Gasteiger partial charge in [-0.1, -0.05) is 61.4 Å². The van der Waals surface area contributed by atoms with E-state index in [1.54, 1.807) is 0 Å². The summed E-state index contributed by atoms with van der Waals surface area (Å²) in [6, 6.07) is 0.288. The Kier molecular flexibility index (Phi) is 8.76. The Hall–Kier alpha value is -2.09. The van der Waals surface area contributed by atoms with Crippen molar-refractivity contribution < 1.29 is 0 Å². The summed E-state index contributed by atoms with van der Waals surface area (Å²) in [4.78, 5) is 4.66. The van der Waals surface area contributed by atoms with Crippen LogP contribution in [0.3, 0.4) is 0 Å². The molecule has 1 N–H and O–H groups in total. The molecule has 1 aliphatic heterocycles. The first-order valence-electron chi connectivity index (χ1n) is 10.8. The lowest BCUT2D eigenvalue weighted by molar-refractivity contribution is 0.535. The smallest absolute Gasteiger partial charge is 0.0929 e. The van der Waals surface area contributed by atoms with E-state index in [2.05, 4.69) is 81.9 Å². The van der Waals surface area contributed by atoms with Crippen LogP contribution in [0.4, 0.5) is 0 Å². The van der Waals surface area contributed by atoms with Crippen LogP contribution in [0.25, 0.3) is 0 Å². The Labute approximate surface area is 172 Å². The van der Waals surface area contributed by atoms with Crippen molar-refractivity contribution in [1.29, 1.82) is 0 Å². The van der Waals surface area contributed by atoms with Crippen LogP contribution >= 0.6 is 0 Å². The molecule has 0 radical (unpaired) electrons. The zero-order valence-corrected chi connectivity index (χ0v) is 18.5. The number of nitrogens with zero attached hydrogens (tertiary/aromatic N) is 1. The van der Waals surface area contributed by atoms with Crippen molar-refractivity contribution in [3.63, 3.8) is 0 Å². The predicted molar refractivity (Wildman–Crippen MR) is 125 cm³/mol. The first kappa shape index (κ1) is 22.2. The Balaban J connectivity index is 1.79. The summed E-state index contributed by atoms with van der Waals surface area (Å²) in [5.74, 6) is 0.495. The van der Waals surface area contributed by atoms with Gasteiger partial charge in [0.1, 0.15) is 0 Å². The van der Waals surface area contributed by atoms with E-state index in [1.807, 2.05) is 6.21 Å². The second-order valence-corrected chi connectivity index (χ2v) is 7.95. The molecule has 152 valence electrons. The van der Waals surface area contributed by atoms with Crippen molar-refractivity contribution in [1.82, 2.24) is 5.32 Å². The first-order valence-corrected chi connectivity index (χ1v) is 10.8. The topological polar surface area (TPSA) is 24.4 Å². The number of hydrogen-bond donors (Lipinski definition) is 1. The normalized spacial score (nSPS) is 20.8. The molecule has 2 rings (SSSR count). The van der Waals surface area contributed by atoms with Crippen LogP contribution in [0.5, 0.6) is 0 Å². The molecule has 0 saturated carbocycles. The van der Waals surface area contributed by atoms with Crippen LogP contribution in [-0.2, 0) is 0 Å². The molecule has 2 heteroatoms. The number of allylic oxidation sites excluding steroid dienone is 8. The van der Waals surface area contributed by atoms with E-state index in [4.69, 9.17) is 0 Å². The standard InChI is InChI=1S/C26H38N2/c1-7-19(4)20(5)11-10-15-27-21(6)24(9-3)17-22-12-13-25(18-22)26-23(8-2)14-16-28-26/h7,11-14,16,24,26-27H,6,8-10,15,17-18H2,1-5H3/b19-7-,20-11-. The summed E-state index contributed by atoms with van der Waals surface area (Å²) in [6.07, 6.45) is 18.6. The molecule has 2 aliphatic rings. The van der Waals surface area contributed by atoms with Crippen LogP contribution in [0.2, 0.25) is 0 Å². The highest BCUT2D eigenvalue weighted by Gasteiger charge is 2.23. The molecule has 2 unspecified atom stereocenters. The molecule has 0 fully saturated rings. The van der Waals surface area contributed by atoms with Crippen molar-refractivity contribution in [2.24, 2.45) is 10.9 Å². The van der Waals surface area contributed by atoms with Gasteiger partial charge in [0.15, 0.2) is 0 Å². The van der Waals surface area contributed by atoms with Crippen LogP contribution in [0.1, 0.15) is 66.7 Å². The molecule has 0 amide bonds. The fourth-order valence-corrected chi connectivity index (χ4v) is 3.87. The van der Waals surface area contributed by atoms with Gasteiger partial charge in [-0.25, -0.2) is 0 Å². The van der Waals surface area contributed by atoms with Gasteiger partial charge in [0, 0.05) is 24.4 Å². The summed E-state index contributed by atoms with van der Waals surface area (Å²) >= 11 is 0. The first-order chi connectivity index (χ1) is 13.5. The van der Waals surface area contributed by atoms with Crippen LogP contribution in [0.15, 0.2) is 75.5 Å². The zero-order valence-electron chi connectivity index (χ0n) is 18.5. The fourth-order valence-electron chi connectivity index (χ4n) is 3.87. The molecular formula is C26H38N2. The molecular weight excluding hydrogens is 340 g/mol. The summed E-state index contributed by atoms with van der Waals surface area (Å²) in [7, 11) is 0. The van der Waals surface area contributed by atoms with Gasteiger partial charge in [0.25, 0.3) is 0 Å². The minimum atomic E-state index is 0.288. The largest absolute Gasteiger partial charge is 0.388 e. The summed E-state index contributed by atoms with van der Waals surface area (Å²) in [5, 5.41) is 3.57. The van der Waals surface area contributed by atoms with Crippen molar-refractivity contribution in [3.8, 4) is 0 Å². The molecule has 0 saturated heterocycles. The monoisotopic (exact) mass is 378 g/mol. The molecule has 1 heterocycles. The van der Waals surface area contributed by atoms with Crippen LogP contribution in [0, 0.1) is 5.92 Å². The highest BCUT2D eigenvalue weighted by atomic mass is 14.9. The lowest BCUT2D eigenvalue weighted by Crippen LogP contribution is -2.20. The van der Waals surface area contributed by atoms with E-state index in [1.165, 1.54) is 33.6 Å². The Morgan fingerprint density at radius 2 is 2.04 bits per heavy atom. The Morgan fingerprint density at radius 1 is 1.25 bits per heavy atom. The zero-order chi connectivity index (χ0) is 20.5. The average molecular weight is 379 g/mol. The maximum atomic E-state index is 4.66. The molecule has 1 aliphatic carbocycles. The number of rotatable bonds is 11. The molecule has 0 spiro atoms. The van der Waals surface area contributed by atoms with E-state index < -0.39 is 0 Å². The highest BCUT2D eigenvalue weighted by molar-refractivity contribution is 5.77. The average Bonchev–Trinajstić information content (AvgIpc) is 3.36.